The molecule has 0 spiro atoms. The van der Waals surface area contributed by atoms with Crippen molar-refractivity contribution in [3.63, 3.8) is 0 Å². The molecule has 1 N–H and O–H groups in total. The van der Waals surface area contributed by atoms with Crippen molar-refractivity contribution in [1.82, 2.24) is 9.97 Å². The minimum Gasteiger partial charge on any atom is -0.364 e. The Kier molecular flexibility index (Phi) is 1.94. The predicted molar refractivity (Wildman–Crippen MR) is 52.5 cm³/mol. The first kappa shape index (κ1) is 8.48. The van der Waals surface area contributed by atoms with Gasteiger partial charge in [-0.3, -0.25) is 4.98 Å². The van der Waals surface area contributed by atoms with Crippen LogP contribution in [0.4, 0.5) is 5.82 Å². The van der Waals surface area contributed by atoms with Gasteiger partial charge in [0.1, 0.15) is 5.82 Å². The summed E-state index contributed by atoms with van der Waals surface area (Å²) in [5.74, 6) is 1.67. The zero-order chi connectivity index (χ0) is 9.31. The van der Waals surface area contributed by atoms with Crippen LogP contribution >= 0.6 is 0 Å². The van der Waals surface area contributed by atoms with E-state index in [0.717, 1.165) is 11.7 Å². The molecule has 0 aromatic carbocycles. The molecule has 1 fully saturated rings. The van der Waals surface area contributed by atoms with E-state index in [0.29, 0.717) is 0 Å². The monoisotopic (exact) mass is 177 g/mol. The molecule has 3 nitrogen and oxygen atoms in total. The average Bonchev–Trinajstić information content (AvgIpc) is 2.87. The molecule has 0 atom stereocenters. The lowest BCUT2D eigenvalue weighted by Gasteiger charge is -2.26. The molecule has 1 heterocycles. The van der Waals surface area contributed by atoms with Crippen molar-refractivity contribution in [2.45, 2.75) is 32.2 Å². The summed E-state index contributed by atoms with van der Waals surface area (Å²) in [5, 5.41) is 3.41. The van der Waals surface area contributed by atoms with Crippen molar-refractivity contribution in [1.29, 1.82) is 0 Å². The highest BCUT2D eigenvalue weighted by molar-refractivity contribution is 5.34. The standard InChI is InChI=1S/C10H15N3/c1-10(2,8-3-4-8)13-9-7-11-5-6-12-9/h5-8H,3-4H2,1-2H3,(H,12,13). The second-order valence-corrected chi connectivity index (χ2v) is 4.21. The molecule has 1 aliphatic carbocycles. The smallest absolute Gasteiger partial charge is 0.144 e. The van der Waals surface area contributed by atoms with Gasteiger partial charge >= 0.3 is 0 Å². The quantitative estimate of drug-likeness (QED) is 0.768. The first-order valence-electron chi connectivity index (χ1n) is 4.73. The van der Waals surface area contributed by atoms with Crippen molar-refractivity contribution in [2.24, 2.45) is 5.92 Å². The van der Waals surface area contributed by atoms with Crippen LogP contribution in [0.1, 0.15) is 26.7 Å². The molecule has 3 heteroatoms. The molecule has 0 aliphatic heterocycles. The van der Waals surface area contributed by atoms with Gasteiger partial charge < -0.3 is 5.32 Å². The summed E-state index contributed by atoms with van der Waals surface area (Å²) in [7, 11) is 0. The summed E-state index contributed by atoms with van der Waals surface area (Å²) in [6, 6.07) is 0. The number of anilines is 1. The van der Waals surface area contributed by atoms with Crippen molar-refractivity contribution in [3.05, 3.63) is 18.6 Å². The fourth-order valence-electron chi connectivity index (χ4n) is 1.60. The minimum absolute atomic E-state index is 0.163. The second kappa shape index (κ2) is 2.98. The maximum Gasteiger partial charge on any atom is 0.144 e. The van der Waals surface area contributed by atoms with Crippen LogP contribution in [0.15, 0.2) is 18.6 Å². The summed E-state index contributed by atoms with van der Waals surface area (Å²) >= 11 is 0. The lowest BCUT2D eigenvalue weighted by Crippen LogP contribution is -2.33. The van der Waals surface area contributed by atoms with Gasteiger partial charge in [-0.15, -0.1) is 0 Å². The van der Waals surface area contributed by atoms with Gasteiger partial charge in [-0.2, -0.15) is 0 Å². The van der Waals surface area contributed by atoms with Gasteiger partial charge in [0.25, 0.3) is 0 Å². The van der Waals surface area contributed by atoms with Crippen LogP contribution in [-0.4, -0.2) is 15.5 Å². The molecule has 1 saturated carbocycles. The summed E-state index contributed by atoms with van der Waals surface area (Å²) in [6.45, 7) is 4.44. The maximum absolute atomic E-state index is 4.20. The Balaban J connectivity index is 2.04. The van der Waals surface area contributed by atoms with Gasteiger partial charge in [0.05, 0.1) is 6.20 Å². The van der Waals surface area contributed by atoms with E-state index in [4.69, 9.17) is 0 Å². The molecule has 13 heavy (non-hydrogen) atoms. The molecule has 1 aromatic rings. The van der Waals surface area contributed by atoms with Gasteiger partial charge in [0, 0.05) is 17.9 Å². The first-order chi connectivity index (χ1) is 6.18. The van der Waals surface area contributed by atoms with E-state index in [2.05, 4.69) is 29.1 Å². The van der Waals surface area contributed by atoms with E-state index >= 15 is 0 Å². The summed E-state index contributed by atoms with van der Waals surface area (Å²) in [5.41, 5.74) is 0.163. The zero-order valence-corrected chi connectivity index (χ0v) is 8.12. The molecule has 1 aromatic heterocycles. The molecule has 0 unspecified atom stereocenters. The van der Waals surface area contributed by atoms with Gasteiger partial charge in [0.15, 0.2) is 0 Å². The van der Waals surface area contributed by atoms with E-state index < -0.39 is 0 Å². The second-order valence-electron chi connectivity index (χ2n) is 4.21. The Morgan fingerprint density at radius 2 is 2.15 bits per heavy atom. The van der Waals surface area contributed by atoms with Crippen molar-refractivity contribution in [2.75, 3.05) is 5.32 Å². The van der Waals surface area contributed by atoms with Crippen molar-refractivity contribution in [3.8, 4) is 0 Å². The maximum atomic E-state index is 4.20. The average molecular weight is 177 g/mol. The Bertz CT molecular complexity index is 277. The Labute approximate surface area is 78.6 Å². The lowest BCUT2D eigenvalue weighted by atomic mass is 9.99. The number of nitrogens with zero attached hydrogens (tertiary/aromatic N) is 2. The fraction of sp³-hybridized carbons (Fsp3) is 0.600. The van der Waals surface area contributed by atoms with E-state index in [-0.39, 0.29) is 5.54 Å². The van der Waals surface area contributed by atoms with Gasteiger partial charge in [0.2, 0.25) is 0 Å². The molecule has 1 aliphatic rings. The summed E-state index contributed by atoms with van der Waals surface area (Å²) in [6.07, 6.45) is 7.84. The lowest BCUT2D eigenvalue weighted by molar-refractivity contribution is 0.492. The van der Waals surface area contributed by atoms with Gasteiger partial charge in [-0.25, -0.2) is 4.98 Å². The number of hydrogen-bond donors (Lipinski definition) is 1. The van der Waals surface area contributed by atoms with Crippen LogP contribution < -0.4 is 5.32 Å². The SMILES string of the molecule is CC(C)(Nc1cnccn1)C1CC1. The normalized spacial score (nSPS) is 17.1. The third-order valence-corrected chi connectivity index (χ3v) is 2.61. The van der Waals surface area contributed by atoms with Crippen molar-refractivity contribution < 1.29 is 0 Å². The largest absolute Gasteiger partial charge is 0.364 e. The van der Waals surface area contributed by atoms with E-state index in [1.54, 1.807) is 18.6 Å². The molecular formula is C10H15N3. The highest BCUT2D eigenvalue weighted by Gasteiger charge is 2.37. The van der Waals surface area contributed by atoms with Crippen LogP contribution in [0.5, 0.6) is 0 Å². The van der Waals surface area contributed by atoms with E-state index in [1.165, 1.54) is 12.8 Å². The number of aromatic nitrogens is 2. The van der Waals surface area contributed by atoms with Crippen LogP contribution in [0.25, 0.3) is 0 Å². The number of rotatable bonds is 3. The fourth-order valence-corrected chi connectivity index (χ4v) is 1.60. The third kappa shape index (κ3) is 1.97. The molecule has 0 radical (unpaired) electrons. The molecule has 0 amide bonds. The molecule has 2 rings (SSSR count). The Morgan fingerprint density at radius 3 is 2.69 bits per heavy atom. The molecule has 0 bridgehead atoms. The van der Waals surface area contributed by atoms with Gasteiger partial charge in [-0.05, 0) is 32.6 Å². The molecule has 70 valence electrons. The zero-order valence-electron chi connectivity index (χ0n) is 8.12. The van der Waals surface area contributed by atoms with E-state index in [9.17, 15) is 0 Å². The van der Waals surface area contributed by atoms with Gasteiger partial charge in [-0.1, -0.05) is 0 Å². The van der Waals surface area contributed by atoms with E-state index in [1.807, 2.05) is 0 Å². The van der Waals surface area contributed by atoms with Crippen LogP contribution in [0.2, 0.25) is 0 Å². The van der Waals surface area contributed by atoms with Crippen LogP contribution in [0, 0.1) is 5.92 Å². The molecular weight excluding hydrogens is 162 g/mol. The number of hydrogen-bond acceptors (Lipinski definition) is 3. The third-order valence-electron chi connectivity index (χ3n) is 2.61. The Hall–Kier alpha value is -1.12. The highest BCUT2D eigenvalue weighted by atomic mass is 15.1. The highest BCUT2D eigenvalue weighted by Crippen LogP contribution is 2.40. The first-order valence-corrected chi connectivity index (χ1v) is 4.73. The predicted octanol–water partition coefficient (Wildman–Crippen LogP) is 2.08. The van der Waals surface area contributed by atoms with Crippen LogP contribution in [-0.2, 0) is 0 Å². The Morgan fingerprint density at radius 1 is 1.38 bits per heavy atom. The van der Waals surface area contributed by atoms with Crippen molar-refractivity contribution >= 4 is 5.82 Å². The summed E-state index contributed by atoms with van der Waals surface area (Å²) < 4.78 is 0. The number of nitrogens with one attached hydrogen (secondary N) is 1. The molecule has 0 saturated heterocycles. The summed E-state index contributed by atoms with van der Waals surface area (Å²) in [4.78, 5) is 8.22. The van der Waals surface area contributed by atoms with Crippen LogP contribution in [0.3, 0.4) is 0 Å². The topological polar surface area (TPSA) is 37.8 Å². The minimum atomic E-state index is 0.163.